The van der Waals surface area contributed by atoms with Gasteiger partial charge in [0.15, 0.2) is 0 Å². The first-order valence-corrected chi connectivity index (χ1v) is 5.50. The lowest BCUT2D eigenvalue weighted by Gasteiger charge is -2.31. The van der Waals surface area contributed by atoms with Crippen molar-refractivity contribution in [2.24, 2.45) is 0 Å². The molecule has 0 bridgehead atoms. The summed E-state index contributed by atoms with van der Waals surface area (Å²) in [5.41, 5.74) is -0.712. The molecule has 0 radical (unpaired) electrons. The fourth-order valence-electron chi connectivity index (χ4n) is 1.36. The first kappa shape index (κ1) is 14.4. The van der Waals surface area contributed by atoms with Crippen LogP contribution in [0.1, 0.15) is 20.8 Å². The number of carbonyl (C=O) groups excluding carboxylic acids is 3. The Kier molecular flexibility index (Phi) is 4.28. The lowest BCUT2D eigenvalue weighted by atomic mass is 10.2. The fraction of sp³-hybridized carbons (Fsp3) is 0.727. The smallest absolute Gasteiger partial charge is 0.417 e. The Hall–Kier alpha value is -1.63. The summed E-state index contributed by atoms with van der Waals surface area (Å²) in [5, 5.41) is 0. The van der Waals surface area contributed by atoms with E-state index < -0.39 is 29.7 Å². The van der Waals surface area contributed by atoms with Crippen LogP contribution in [0.3, 0.4) is 0 Å². The minimum Gasteiger partial charge on any atom is -0.467 e. The Bertz CT molecular complexity index is 359. The molecule has 1 atom stereocenters. The molecule has 0 spiro atoms. The Labute approximate surface area is 105 Å². The van der Waals surface area contributed by atoms with Gasteiger partial charge < -0.3 is 14.2 Å². The molecule has 1 fully saturated rings. The minimum atomic E-state index is -1.39. The van der Waals surface area contributed by atoms with Crippen molar-refractivity contribution in [2.75, 3.05) is 20.3 Å². The summed E-state index contributed by atoms with van der Waals surface area (Å²) in [5.74, 6) is -1.59. The lowest BCUT2D eigenvalue weighted by molar-refractivity contribution is -0.169. The Balaban J connectivity index is 2.75. The van der Waals surface area contributed by atoms with E-state index in [1.807, 2.05) is 0 Å². The van der Waals surface area contributed by atoms with Crippen LogP contribution in [-0.2, 0) is 23.8 Å². The molecule has 102 valence electrons. The maximum absolute atomic E-state index is 11.9. The van der Waals surface area contributed by atoms with E-state index in [9.17, 15) is 14.4 Å². The van der Waals surface area contributed by atoms with Gasteiger partial charge in [-0.05, 0) is 20.8 Å². The molecule has 1 saturated heterocycles. The van der Waals surface area contributed by atoms with Crippen LogP contribution in [0.4, 0.5) is 4.79 Å². The van der Waals surface area contributed by atoms with Crippen molar-refractivity contribution in [2.45, 2.75) is 32.5 Å². The molecule has 1 aliphatic heterocycles. The van der Waals surface area contributed by atoms with E-state index in [1.54, 1.807) is 20.8 Å². The van der Waals surface area contributed by atoms with E-state index >= 15 is 0 Å². The van der Waals surface area contributed by atoms with Gasteiger partial charge in [-0.2, -0.15) is 0 Å². The van der Waals surface area contributed by atoms with Gasteiger partial charge in [-0.1, -0.05) is 0 Å². The lowest BCUT2D eigenvalue weighted by Crippen LogP contribution is -2.54. The molecule has 7 nitrogen and oxygen atoms in total. The average Bonchev–Trinajstić information content (AvgIpc) is 2.26. The van der Waals surface area contributed by atoms with Gasteiger partial charge >= 0.3 is 12.1 Å². The summed E-state index contributed by atoms with van der Waals surface area (Å²) in [6.45, 7) is 5.20. The second-order valence-corrected chi connectivity index (χ2v) is 4.74. The van der Waals surface area contributed by atoms with Gasteiger partial charge in [-0.15, -0.1) is 0 Å². The first-order valence-electron chi connectivity index (χ1n) is 5.50. The zero-order valence-electron chi connectivity index (χ0n) is 10.9. The highest BCUT2D eigenvalue weighted by atomic mass is 16.6. The monoisotopic (exact) mass is 259 g/mol. The molecule has 1 unspecified atom stereocenters. The maximum atomic E-state index is 11.9. The normalized spacial score (nSPS) is 20.6. The van der Waals surface area contributed by atoms with Gasteiger partial charge in [0.25, 0.3) is 5.91 Å². The van der Waals surface area contributed by atoms with E-state index in [-0.39, 0.29) is 13.2 Å². The predicted octanol–water partition coefficient (Wildman–Crippen LogP) is 0.322. The first-order chi connectivity index (χ1) is 8.26. The summed E-state index contributed by atoms with van der Waals surface area (Å²) in [6, 6.07) is 0. The molecular formula is C11H17NO6. The number of nitrogens with zero attached hydrogens (tertiary/aromatic N) is 1. The average molecular weight is 259 g/mol. The second-order valence-electron chi connectivity index (χ2n) is 4.74. The fourth-order valence-corrected chi connectivity index (χ4v) is 1.36. The molecule has 1 rings (SSSR count). The van der Waals surface area contributed by atoms with Crippen molar-refractivity contribution < 1.29 is 28.6 Å². The quantitative estimate of drug-likeness (QED) is 0.498. The number of esters is 1. The second kappa shape index (κ2) is 5.34. The molecule has 0 aromatic heterocycles. The van der Waals surface area contributed by atoms with Gasteiger partial charge in [0.1, 0.15) is 5.60 Å². The standard InChI is InChI=1S/C11H17NO6/c1-11(2,3)18-10(15)12-5-6-17-7(8(12)13)9(14)16-4/h7H,5-6H2,1-4H3. The predicted molar refractivity (Wildman–Crippen MR) is 59.7 cm³/mol. The van der Waals surface area contributed by atoms with E-state index in [4.69, 9.17) is 9.47 Å². The number of ether oxygens (including phenoxy) is 3. The zero-order valence-corrected chi connectivity index (χ0v) is 10.9. The van der Waals surface area contributed by atoms with Gasteiger partial charge in [0, 0.05) is 0 Å². The topological polar surface area (TPSA) is 82.1 Å². The number of carbonyl (C=O) groups is 3. The molecule has 1 aliphatic rings. The number of hydrogen-bond acceptors (Lipinski definition) is 6. The number of morpholine rings is 1. The summed E-state index contributed by atoms with van der Waals surface area (Å²) < 4.78 is 14.5. The van der Waals surface area contributed by atoms with Gasteiger partial charge in [-0.25, -0.2) is 14.5 Å². The number of rotatable bonds is 1. The Morgan fingerprint density at radius 2 is 2.00 bits per heavy atom. The van der Waals surface area contributed by atoms with E-state index in [1.165, 1.54) is 0 Å². The van der Waals surface area contributed by atoms with Gasteiger partial charge in [0.2, 0.25) is 6.10 Å². The summed E-state index contributed by atoms with van der Waals surface area (Å²) >= 11 is 0. The van der Waals surface area contributed by atoms with Gasteiger partial charge in [0.05, 0.1) is 20.3 Å². The largest absolute Gasteiger partial charge is 0.467 e. The molecule has 0 saturated carbocycles. The maximum Gasteiger partial charge on any atom is 0.417 e. The highest BCUT2D eigenvalue weighted by molar-refractivity contribution is 6.06. The minimum absolute atomic E-state index is 0.0568. The number of amides is 2. The summed E-state index contributed by atoms with van der Waals surface area (Å²) in [4.78, 5) is 35.7. The third kappa shape index (κ3) is 3.43. The van der Waals surface area contributed by atoms with Crippen LogP contribution in [0.2, 0.25) is 0 Å². The highest BCUT2D eigenvalue weighted by Gasteiger charge is 2.40. The van der Waals surface area contributed by atoms with Crippen LogP contribution < -0.4 is 0 Å². The number of imide groups is 1. The van der Waals surface area contributed by atoms with Crippen molar-refractivity contribution in [1.82, 2.24) is 4.90 Å². The molecule has 0 aromatic carbocycles. The van der Waals surface area contributed by atoms with Crippen LogP contribution in [-0.4, -0.2) is 54.8 Å². The van der Waals surface area contributed by atoms with Crippen LogP contribution in [0.25, 0.3) is 0 Å². The Morgan fingerprint density at radius 3 is 2.50 bits per heavy atom. The Morgan fingerprint density at radius 1 is 1.39 bits per heavy atom. The molecule has 7 heteroatoms. The molecule has 18 heavy (non-hydrogen) atoms. The van der Waals surface area contributed by atoms with Crippen molar-refractivity contribution in [3.8, 4) is 0 Å². The van der Waals surface area contributed by atoms with E-state index in [2.05, 4.69) is 4.74 Å². The summed E-state index contributed by atoms with van der Waals surface area (Å²) in [7, 11) is 1.14. The van der Waals surface area contributed by atoms with Crippen molar-refractivity contribution >= 4 is 18.0 Å². The molecular weight excluding hydrogens is 242 g/mol. The molecule has 0 aromatic rings. The zero-order chi connectivity index (χ0) is 13.9. The van der Waals surface area contributed by atoms with E-state index in [0.29, 0.717) is 0 Å². The highest BCUT2D eigenvalue weighted by Crippen LogP contribution is 2.14. The van der Waals surface area contributed by atoms with Crippen LogP contribution in [0, 0.1) is 0 Å². The van der Waals surface area contributed by atoms with Crippen LogP contribution >= 0.6 is 0 Å². The SMILES string of the molecule is COC(=O)C1OCCN(C(=O)OC(C)(C)C)C1=O. The van der Waals surface area contributed by atoms with Crippen molar-refractivity contribution in [3.05, 3.63) is 0 Å². The van der Waals surface area contributed by atoms with Crippen LogP contribution in [0.5, 0.6) is 0 Å². The molecule has 2 amide bonds. The molecule has 0 N–H and O–H groups in total. The molecule has 1 heterocycles. The molecule has 0 aliphatic carbocycles. The third-order valence-electron chi connectivity index (χ3n) is 2.12. The third-order valence-corrected chi connectivity index (χ3v) is 2.12. The van der Waals surface area contributed by atoms with Gasteiger partial charge in [-0.3, -0.25) is 4.79 Å². The van der Waals surface area contributed by atoms with Crippen LogP contribution in [0.15, 0.2) is 0 Å². The number of methoxy groups -OCH3 is 1. The number of hydrogen-bond donors (Lipinski definition) is 0. The summed E-state index contributed by atoms with van der Waals surface area (Å²) in [6.07, 6.45) is -2.18. The van der Waals surface area contributed by atoms with Crippen molar-refractivity contribution in [3.63, 3.8) is 0 Å². The van der Waals surface area contributed by atoms with E-state index in [0.717, 1.165) is 12.0 Å². The van der Waals surface area contributed by atoms with Crippen molar-refractivity contribution in [1.29, 1.82) is 0 Å².